The van der Waals surface area contributed by atoms with E-state index in [0.29, 0.717) is 23.1 Å². The molecule has 11 nitrogen and oxygen atoms in total. The topological polar surface area (TPSA) is 155 Å². The molecule has 0 radical (unpaired) electrons. The van der Waals surface area contributed by atoms with E-state index in [2.05, 4.69) is 28.2 Å². The lowest BCUT2D eigenvalue weighted by atomic mass is 9.65. The third kappa shape index (κ3) is 7.52. The van der Waals surface area contributed by atoms with Gasteiger partial charge in [-0.3, -0.25) is 28.8 Å². The lowest BCUT2D eigenvalue weighted by Crippen LogP contribution is -2.50. The van der Waals surface area contributed by atoms with Gasteiger partial charge in [0.2, 0.25) is 17.6 Å². The van der Waals surface area contributed by atoms with Gasteiger partial charge in [-0.1, -0.05) is 31.9 Å². The molecule has 2 aromatic heterocycles. The fourth-order valence-electron chi connectivity index (χ4n) is 6.80. The average Bonchev–Trinajstić information content (AvgIpc) is 3.48. The number of hydrogen-bond donors (Lipinski definition) is 4. The third-order valence-corrected chi connectivity index (χ3v) is 10.2. The van der Waals surface area contributed by atoms with Crippen LogP contribution in [0.2, 0.25) is 0 Å². The van der Waals surface area contributed by atoms with Gasteiger partial charge in [0.1, 0.15) is 24.1 Å². The van der Waals surface area contributed by atoms with E-state index in [1.54, 1.807) is 6.07 Å². The third-order valence-electron chi connectivity index (χ3n) is 9.05. The Bertz CT molecular complexity index is 1720. The molecule has 4 unspecified atom stereocenters. The van der Waals surface area contributed by atoms with Crippen molar-refractivity contribution in [2.24, 2.45) is 17.8 Å². The van der Waals surface area contributed by atoms with Crippen molar-refractivity contribution in [3.05, 3.63) is 63.6 Å². The maximum Gasteiger partial charge on any atom is 0.287 e. The van der Waals surface area contributed by atoms with Gasteiger partial charge in [-0.15, -0.1) is 11.3 Å². The van der Waals surface area contributed by atoms with E-state index in [1.165, 1.54) is 61.0 Å². The second-order valence-corrected chi connectivity index (χ2v) is 13.3. The van der Waals surface area contributed by atoms with E-state index in [-0.39, 0.29) is 46.6 Å². The minimum absolute atomic E-state index is 0.0573. The Balaban J connectivity index is 1.28. The van der Waals surface area contributed by atoms with Crippen LogP contribution in [0.25, 0.3) is 10.1 Å². The Kier molecular flexibility index (Phi) is 10.3. The van der Waals surface area contributed by atoms with Crippen LogP contribution < -0.4 is 26.8 Å². The van der Waals surface area contributed by atoms with Crippen LogP contribution in [-0.2, 0) is 25.7 Å². The maximum atomic E-state index is 14.2. The first-order chi connectivity index (χ1) is 22.0. The molecule has 5 atom stereocenters. The molecule has 2 heterocycles. The van der Waals surface area contributed by atoms with Crippen molar-refractivity contribution >= 4 is 56.5 Å². The van der Waals surface area contributed by atoms with Crippen LogP contribution in [0, 0.1) is 23.6 Å². The summed E-state index contributed by atoms with van der Waals surface area (Å²) in [5.74, 6) is -2.39. The number of nitrogens with one attached hydrogen (secondary N) is 4. The van der Waals surface area contributed by atoms with Crippen molar-refractivity contribution in [2.45, 2.75) is 70.5 Å². The highest BCUT2D eigenvalue weighted by molar-refractivity contribution is 7.20. The molecule has 3 aromatic rings. The number of Topliss-reactive ketones (excluding diaryl/α,β-unsaturated/α-hetero) is 1. The molecule has 4 amide bonds. The molecule has 46 heavy (non-hydrogen) atoms. The summed E-state index contributed by atoms with van der Waals surface area (Å²) in [5, 5.41) is 11.0. The lowest BCUT2D eigenvalue weighted by molar-refractivity contribution is -0.137. The molecule has 2 aliphatic carbocycles. The monoisotopic (exact) mass is 651 g/mol. The van der Waals surface area contributed by atoms with Crippen LogP contribution in [0.1, 0.15) is 61.5 Å². The largest absolute Gasteiger partial charge is 0.353 e. The predicted molar refractivity (Wildman–Crippen MR) is 172 cm³/mol. The van der Waals surface area contributed by atoms with Crippen LogP contribution in [-0.4, -0.2) is 53.1 Å². The summed E-state index contributed by atoms with van der Waals surface area (Å²) in [4.78, 5) is 77.0. The molecule has 244 valence electrons. The van der Waals surface area contributed by atoms with Crippen LogP contribution in [0.3, 0.4) is 0 Å². The second-order valence-electron chi connectivity index (χ2n) is 12.3. The van der Waals surface area contributed by atoms with E-state index in [9.17, 15) is 33.2 Å². The molecule has 0 spiro atoms. The predicted octanol–water partition coefficient (Wildman–Crippen LogP) is 3.37. The van der Waals surface area contributed by atoms with Gasteiger partial charge in [0, 0.05) is 25.7 Å². The van der Waals surface area contributed by atoms with Gasteiger partial charge in [0.05, 0.1) is 9.58 Å². The molecule has 5 rings (SSSR count). The summed E-state index contributed by atoms with van der Waals surface area (Å²) < 4.78 is 15.7. The van der Waals surface area contributed by atoms with Crippen LogP contribution in [0.15, 0.2) is 47.4 Å². The second kappa shape index (κ2) is 14.4. The SMILES string of the molecule is CNC(=O)C(=O)CC[C@H](NC(=O)c1cc2cccc(F)c2s1)C(=O)Nc1cccn(CC(=O)NC2C(C)CC3CCCC2C3)c1=O. The first kappa shape index (κ1) is 33.0. The number of fused-ring (bicyclic) bond motifs is 3. The number of anilines is 1. The normalized spacial score (nSPS) is 21.2. The summed E-state index contributed by atoms with van der Waals surface area (Å²) in [5.41, 5.74) is -0.741. The molecular weight excluding hydrogens is 613 g/mol. The zero-order valence-electron chi connectivity index (χ0n) is 25.8. The number of halogens is 1. The standard InChI is InChI=1S/C33H38FN5O6S/c1-18-14-19-6-3-7-20(15-19)28(18)38-27(41)17-39-13-5-10-24(33(39)45)37-30(42)23(11-12-25(40)31(43)35-2)36-32(44)26-16-21-8-4-9-22(34)29(21)46-26/h4-5,8-10,13,16,18-20,23,28H,3,6-7,11-12,14-15,17H2,1-2H3,(H,35,43)(H,36,44)(H,37,42)(H,38,41)/t18?,19?,20?,23-,28?/m0/s1. The van der Waals surface area contributed by atoms with Crippen molar-refractivity contribution in [1.82, 2.24) is 20.5 Å². The van der Waals surface area contributed by atoms with Gasteiger partial charge >= 0.3 is 0 Å². The highest BCUT2D eigenvalue weighted by Gasteiger charge is 2.38. The number of likely N-dealkylation sites (N-methyl/N-ethyl adjacent to an activating group) is 1. The molecule has 13 heteroatoms. The number of nitrogens with zero attached hydrogens (tertiary/aromatic N) is 1. The molecule has 0 aliphatic heterocycles. The molecule has 4 N–H and O–H groups in total. The number of thiophene rings is 1. The Hall–Kier alpha value is -4.39. The minimum atomic E-state index is -1.32. The number of carbonyl (C=O) groups excluding carboxylic acids is 5. The van der Waals surface area contributed by atoms with Crippen molar-refractivity contribution in [3.8, 4) is 0 Å². The van der Waals surface area contributed by atoms with Gasteiger partial charge in [-0.2, -0.15) is 0 Å². The van der Waals surface area contributed by atoms with Gasteiger partial charge in [-0.25, -0.2) is 4.39 Å². The minimum Gasteiger partial charge on any atom is -0.353 e. The first-order valence-electron chi connectivity index (χ1n) is 15.6. The van der Waals surface area contributed by atoms with Gasteiger partial charge in [-0.05, 0) is 73.1 Å². The van der Waals surface area contributed by atoms with Crippen molar-refractivity contribution < 1.29 is 28.4 Å². The highest BCUT2D eigenvalue weighted by atomic mass is 32.1. The molecule has 1 aromatic carbocycles. The van der Waals surface area contributed by atoms with Crippen molar-refractivity contribution in [2.75, 3.05) is 12.4 Å². The Labute approximate surface area is 269 Å². The molecular formula is C33H38FN5O6S. The first-order valence-corrected chi connectivity index (χ1v) is 16.4. The number of pyridine rings is 1. The van der Waals surface area contributed by atoms with E-state index >= 15 is 0 Å². The van der Waals surface area contributed by atoms with E-state index in [4.69, 9.17) is 0 Å². The Morgan fingerprint density at radius 3 is 2.65 bits per heavy atom. The number of aromatic nitrogens is 1. The Morgan fingerprint density at radius 2 is 1.89 bits per heavy atom. The summed E-state index contributed by atoms with van der Waals surface area (Å²) >= 11 is 0.909. The van der Waals surface area contributed by atoms with Crippen molar-refractivity contribution in [1.29, 1.82) is 0 Å². The van der Waals surface area contributed by atoms with Gasteiger partial charge < -0.3 is 25.8 Å². The van der Waals surface area contributed by atoms with E-state index in [0.717, 1.165) is 30.6 Å². The van der Waals surface area contributed by atoms with Gasteiger partial charge in [0.15, 0.2) is 0 Å². The molecule has 2 aliphatic rings. The number of ketones is 1. The van der Waals surface area contributed by atoms with E-state index in [1.807, 2.05) is 0 Å². The lowest BCUT2D eigenvalue weighted by Gasteiger charge is -2.44. The van der Waals surface area contributed by atoms with Crippen molar-refractivity contribution in [3.63, 3.8) is 0 Å². The van der Waals surface area contributed by atoms with Crippen LogP contribution in [0.4, 0.5) is 10.1 Å². The quantitative estimate of drug-likeness (QED) is 0.233. The van der Waals surface area contributed by atoms with Crippen LogP contribution >= 0.6 is 11.3 Å². The summed E-state index contributed by atoms with van der Waals surface area (Å²) in [6.45, 7) is 1.93. The summed E-state index contributed by atoms with van der Waals surface area (Å²) in [6, 6.07) is 7.58. The molecule has 0 saturated heterocycles. The number of benzene rings is 1. The molecule has 2 fully saturated rings. The van der Waals surface area contributed by atoms with E-state index < -0.39 is 40.9 Å². The molecule has 2 bridgehead atoms. The fourth-order valence-corrected chi connectivity index (χ4v) is 7.77. The maximum absolute atomic E-state index is 14.2. The average molecular weight is 652 g/mol. The van der Waals surface area contributed by atoms with Crippen LogP contribution in [0.5, 0.6) is 0 Å². The zero-order chi connectivity index (χ0) is 33.0. The summed E-state index contributed by atoms with van der Waals surface area (Å²) in [6.07, 6.45) is 6.54. The smallest absolute Gasteiger partial charge is 0.287 e. The summed E-state index contributed by atoms with van der Waals surface area (Å²) in [7, 11) is 1.30. The number of amides is 4. The van der Waals surface area contributed by atoms with Gasteiger partial charge in [0.25, 0.3) is 17.4 Å². The zero-order valence-corrected chi connectivity index (χ0v) is 26.6. The number of rotatable bonds is 11. The number of hydrogen-bond acceptors (Lipinski definition) is 7. The Morgan fingerprint density at radius 1 is 1.09 bits per heavy atom. The highest BCUT2D eigenvalue weighted by Crippen LogP contribution is 2.42. The fraction of sp³-hybridized carbons (Fsp3) is 0.455. The molecule has 2 saturated carbocycles. The number of carbonyl (C=O) groups is 5.